The summed E-state index contributed by atoms with van der Waals surface area (Å²) in [5.41, 5.74) is 5.91. The topological polar surface area (TPSA) is 158 Å². The van der Waals surface area contributed by atoms with Gasteiger partial charge in [-0.3, -0.25) is 19.0 Å². The lowest BCUT2D eigenvalue weighted by atomic mass is 10.1. The van der Waals surface area contributed by atoms with Crippen LogP contribution in [0.2, 0.25) is 10.4 Å². The van der Waals surface area contributed by atoms with Crippen molar-refractivity contribution in [3.8, 4) is 0 Å². The van der Waals surface area contributed by atoms with Crippen LogP contribution in [0.15, 0.2) is 0 Å². The van der Waals surface area contributed by atoms with Crippen molar-refractivity contribution in [1.29, 1.82) is 0 Å². The van der Waals surface area contributed by atoms with Gasteiger partial charge < -0.3 is 24.7 Å². The van der Waals surface area contributed by atoms with Crippen molar-refractivity contribution in [2.75, 3.05) is 12.3 Å². The normalized spacial score (nSPS) is 23.4. The van der Waals surface area contributed by atoms with Gasteiger partial charge in [-0.25, -0.2) is 4.98 Å². The minimum Gasteiger partial charge on any atom is -0.463 e. The number of carbonyl (C=O) groups excluding carboxylic acids is 3. The third-order valence-corrected chi connectivity index (χ3v) is 4.60. The van der Waals surface area contributed by atoms with Gasteiger partial charge in [0.15, 0.2) is 29.2 Å². The maximum absolute atomic E-state index is 11.7. The molecular weight excluding hydrogens is 445 g/mol. The molecule has 0 amide bonds. The molecule has 3 heterocycles. The maximum Gasteiger partial charge on any atom is 0.303 e. The number of aromatic nitrogens is 4. The van der Waals surface area contributed by atoms with Crippen molar-refractivity contribution in [3.05, 3.63) is 10.4 Å². The monoisotopic (exact) mass is 461 g/mol. The fourth-order valence-electron chi connectivity index (χ4n) is 3.06. The number of halogens is 2. The van der Waals surface area contributed by atoms with Gasteiger partial charge in [0.05, 0.1) is 0 Å². The molecule has 0 unspecified atom stereocenters. The molecule has 0 bridgehead atoms. The van der Waals surface area contributed by atoms with Gasteiger partial charge in [-0.05, 0) is 11.6 Å². The number of nitrogens with two attached hydrogens (primary N) is 1. The summed E-state index contributed by atoms with van der Waals surface area (Å²) in [5, 5.41) is -0.170. The van der Waals surface area contributed by atoms with E-state index in [1.807, 2.05) is 0 Å². The molecular formula is C16H17Cl2N5O7. The van der Waals surface area contributed by atoms with Crippen LogP contribution in [-0.4, -0.2) is 62.3 Å². The van der Waals surface area contributed by atoms with E-state index in [0.29, 0.717) is 0 Å². The Morgan fingerprint density at radius 3 is 2.27 bits per heavy atom. The Kier molecular flexibility index (Phi) is 6.29. The molecule has 2 N–H and O–H groups in total. The highest BCUT2D eigenvalue weighted by Crippen LogP contribution is 2.38. The number of imidazole rings is 1. The molecule has 30 heavy (non-hydrogen) atoms. The van der Waals surface area contributed by atoms with Crippen LogP contribution in [0.3, 0.4) is 0 Å². The first-order chi connectivity index (χ1) is 14.1. The van der Waals surface area contributed by atoms with Gasteiger partial charge in [-0.15, -0.1) is 0 Å². The van der Waals surface area contributed by atoms with Gasteiger partial charge in [0, 0.05) is 20.8 Å². The first kappa shape index (κ1) is 22.0. The zero-order chi connectivity index (χ0) is 22.2. The van der Waals surface area contributed by atoms with Crippen molar-refractivity contribution in [1.82, 2.24) is 19.5 Å². The lowest BCUT2D eigenvalue weighted by Crippen LogP contribution is -2.40. The Hall–Kier alpha value is -2.70. The molecule has 1 aliphatic rings. The maximum atomic E-state index is 11.7. The lowest BCUT2D eigenvalue weighted by molar-refractivity contribution is -0.166. The van der Waals surface area contributed by atoms with Crippen LogP contribution in [0.25, 0.3) is 11.2 Å². The van der Waals surface area contributed by atoms with Crippen LogP contribution < -0.4 is 5.73 Å². The molecule has 14 heteroatoms. The molecule has 1 aliphatic heterocycles. The fraction of sp³-hybridized carbons (Fsp3) is 0.500. The summed E-state index contributed by atoms with van der Waals surface area (Å²) in [5.74, 6) is -2.07. The van der Waals surface area contributed by atoms with Crippen LogP contribution in [0.5, 0.6) is 0 Å². The molecule has 0 radical (unpaired) electrons. The van der Waals surface area contributed by atoms with Gasteiger partial charge in [-0.1, -0.05) is 11.6 Å². The first-order valence-corrected chi connectivity index (χ1v) is 9.33. The van der Waals surface area contributed by atoms with E-state index in [2.05, 4.69) is 15.0 Å². The Balaban J connectivity index is 2.10. The molecule has 3 rings (SSSR count). The van der Waals surface area contributed by atoms with Crippen LogP contribution in [0.4, 0.5) is 5.95 Å². The Bertz CT molecular complexity index is 1010. The molecule has 2 aromatic heterocycles. The fourth-order valence-corrected chi connectivity index (χ4v) is 3.53. The highest BCUT2D eigenvalue weighted by atomic mass is 35.5. The molecule has 0 saturated carbocycles. The SMILES string of the molecule is CC(=O)OC[C@H]1O[C@@H](n2c(Cl)nc3c(Cl)nc(N)nc32)[C@@H](OC(C)=O)[C@@H]1OC(C)=O. The summed E-state index contributed by atoms with van der Waals surface area (Å²) < 4.78 is 22.9. The van der Waals surface area contributed by atoms with Crippen molar-refractivity contribution in [2.45, 2.75) is 45.3 Å². The van der Waals surface area contributed by atoms with Crippen molar-refractivity contribution < 1.29 is 33.3 Å². The molecule has 2 aromatic rings. The number of hydrogen-bond donors (Lipinski definition) is 1. The van der Waals surface area contributed by atoms with E-state index in [-0.39, 0.29) is 34.2 Å². The summed E-state index contributed by atoms with van der Waals surface area (Å²) in [6, 6.07) is 0. The molecule has 4 atom stereocenters. The molecule has 0 aliphatic carbocycles. The van der Waals surface area contributed by atoms with E-state index in [4.69, 9.17) is 47.9 Å². The number of esters is 3. The number of nitrogen functional groups attached to an aromatic ring is 1. The standard InChI is InChI=1S/C16H17Cl2N5O7/c1-5(24)27-4-8-10(28-6(2)25)11(29-7(3)26)14(30-8)23-13-9(20-15(23)18)12(17)21-16(19)22-13/h8,10-11,14H,4H2,1-3H3,(H2,19,21,22)/t8-,10-,11+,14-/m1/s1. The molecule has 1 saturated heterocycles. The predicted octanol–water partition coefficient (Wildman–Crippen LogP) is 1.04. The number of ether oxygens (including phenoxy) is 4. The van der Waals surface area contributed by atoms with E-state index in [1.165, 1.54) is 25.3 Å². The zero-order valence-electron chi connectivity index (χ0n) is 16.0. The smallest absolute Gasteiger partial charge is 0.303 e. The molecule has 1 fully saturated rings. The summed E-state index contributed by atoms with van der Waals surface area (Å²) in [6.45, 7) is 3.28. The van der Waals surface area contributed by atoms with E-state index < -0.39 is 42.4 Å². The van der Waals surface area contributed by atoms with Crippen molar-refractivity contribution in [3.63, 3.8) is 0 Å². The van der Waals surface area contributed by atoms with Crippen LogP contribution in [0.1, 0.15) is 27.0 Å². The first-order valence-electron chi connectivity index (χ1n) is 8.58. The number of rotatable bonds is 5. The second-order valence-electron chi connectivity index (χ2n) is 6.31. The average molecular weight is 462 g/mol. The summed E-state index contributed by atoms with van der Waals surface area (Å²) >= 11 is 12.3. The zero-order valence-corrected chi connectivity index (χ0v) is 17.5. The second kappa shape index (κ2) is 8.58. The highest BCUT2D eigenvalue weighted by Gasteiger charge is 2.51. The van der Waals surface area contributed by atoms with Crippen LogP contribution in [0, 0.1) is 0 Å². The number of carbonyl (C=O) groups is 3. The van der Waals surface area contributed by atoms with Crippen molar-refractivity contribution >= 4 is 58.2 Å². The predicted molar refractivity (Wildman–Crippen MR) is 101 cm³/mol. The Morgan fingerprint density at radius 1 is 1.03 bits per heavy atom. The summed E-state index contributed by atoms with van der Waals surface area (Å²) in [7, 11) is 0. The minimum atomic E-state index is -1.17. The molecule has 12 nitrogen and oxygen atoms in total. The van der Waals surface area contributed by atoms with E-state index in [1.54, 1.807) is 0 Å². The molecule has 0 spiro atoms. The van der Waals surface area contributed by atoms with Gasteiger partial charge in [-0.2, -0.15) is 9.97 Å². The van der Waals surface area contributed by atoms with E-state index >= 15 is 0 Å². The van der Waals surface area contributed by atoms with Gasteiger partial charge in [0.25, 0.3) is 0 Å². The van der Waals surface area contributed by atoms with Gasteiger partial charge in [0.1, 0.15) is 18.2 Å². The largest absolute Gasteiger partial charge is 0.463 e. The van der Waals surface area contributed by atoms with Crippen molar-refractivity contribution in [2.24, 2.45) is 0 Å². The Morgan fingerprint density at radius 2 is 1.67 bits per heavy atom. The number of hydrogen-bond acceptors (Lipinski definition) is 11. The summed E-state index contributed by atoms with van der Waals surface area (Å²) in [4.78, 5) is 46.6. The number of nitrogens with zero attached hydrogens (tertiary/aromatic N) is 4. The lowest BCUT2D eigenvalue weighted by Gasteiger charge is -2.24. The van der Waals surface area contributed by atoms with Gasteiger partial charge >= 0.3 is 17.9 Å². The average Bonchev–Trinajstić information content (AvgIpc) is 3.10. The van der Waals surface area contributed by atoms with Crippen LogP contribution in [-0.2, 0) is 33.3 Å². The minimum absolute atomic E-state index is 0.0480. The van der Waals surface area contributed by atoms with E-state index in [9.17, 15) is 14.4 Å². The van der Waals surface area contributed by atoms with Crippen LogP contribution >= 0.6 is 23.2 Å². The molecule has 0 aromatic carbocycles. The summed E-state index contributed by atoms with van der Waals surface area (Å²) in [6.07, 6.45) is -4.41. The number of anilines is 1. The number of fused-ring (bicyclic) bond motifs is 1. The second-order valence-corrected chi connectivity index (χ2v) is 7.01. The van der Waals surface area contributed by atoms with Gasteiger partial charge in [0.2, 0.25) is 11.2 Å². The third-order valence-electron chi connectivity index (χ3n) is 4.07. The highest BCUT2D eigenvalue weighted by molar-refractivity contribution is 6.34. The molecule has 162 valence electrons. The third kappa shape index (κ3) is 4.40. The Labute approximate surface area is 179 Å². The van der Waals surface area contributed by atoms with E-state index in [0.717, 1.165) is 0 Å². The quantitative estimate of drug-likeness (QED) is 0.293.